The van der Waals surface area contributed by atoms with Crippen molar-refractivity contribution in [3.8, 4) is 0 Å². The molecule has 0 saturated heterocycles. The smallest absolute Gasteiger partial charge is 0.328 e. The van der Waals surface area contributed by atoms with E-state index in [-0.39, 0.29) is 6.54 Å². The second kappa shape index (κ2) is 6.00. The van der Waals surface area contributed by atoms with Gasteiger partial charge in [0.1, 0.15) is 0 Å². The molecule has 2 N–H and O–H groups in total. The van der Waals surface area contributed by atoms with Crippen molar-refractivity contribution in [2.45, 2.75) is 13.0 Å². The number of aliphatic hydroxyl groups is 1. The van der Waals surface area contributed by atoms with E-state index < -0.39 is 24.5 Å². The number of hydrogen-bond acceptors (Lipinski definition) is 3. The summed E-state index contributed by atoms with van der Waals surface area (Å²) in [6.07, 6.45) is 0. The van der Waals surface area contributed by atoms with Gasteiger partial charge in [0, 0.05) is 12.1 Å². The lowest BCUT2D eigenvalue weighted by atomic mass is 10.1. The molecule has 0 bridgehead atoms. The van der Waals surface area contributed by atoms with E-state index in [9.17, 15) is 9.59 Å². The molecule has 0 aliphatic heterocycles. The van der Waals surface area contributed by atoms with Crippen LogP contribution in [0.2, 0.25) is 0 Å². The van der Waals surface area contributed by atoms with Gasteiger partial charge in [0.05, 0.1) is 6.61 Å². The minimum absolute atomic E-state index is 0.227. The van der Waals surface area contributed by atoms with E-state index >= 15 is 0 Å². The summed E-state index contributed by atoms with van der Waals surface area (Å²) in [7, 11) is 0. The van der Waals surface area contributed by atoms with Crippen LogP contribution in [0, 0.1) is 0 Å². The molecule has 0 aliphatic carbocycles. The van der Waals surface area contributed by atoms with E-state index in [1.807, 2.05) is 0 Å². The maximum atomic E-state index is 12.0. The highest BCUT2D eigenvalue weighted by molar-refractivity contribution is 5.96. The number of carbonyl (C=O) groups is 2. The Kier molecular flexibility index (Phi) is 4.66. The number of rotatable bonds is 5. The predicted octanol–water partition coefficient (Wildman–Crippen LogP) is 0.594. The van der Waals surface area contributed by atoms with Crippen LogP contribution in [-0.2, 0) is 4.79 Å². The molecule has 5 nitrogen and oxygen atoms in total. The molecule has 92 valence electrons. The van der Waals surface area contributed by atoms with Crippen LogP contribution in [0.5, 0.6) is 0 Å². The number of aliphatic hydroxyl groups excluding tert-OH is 1. The molecule has 1 aromatic rings. The molecular formula is C12H15NO4. The summed E-state index contributed by atoms with van der Waals surface area (Å²) >= 11 is 0. The standard InChI is InChI=1S/C12H15NO4/c1-2-13(10(8-14)12(16)17)11(15)9-6-4-3-5-7-9/h3-7,10,14H,2,8H2,1H3,(H,16,17). The first-order chi connectivity index (χ1) is 8.11. The zero-order chi connectivity index (χ0) is 12.8. The van der Waals surface area contributed by atoms with Gasteiger partial charge in [0.25, 0.3) is 5.91 Å². The molecule has 0 heterocycles. The van der Waals surface area contributed by atoms with E-state index in [2.05, 4.69) is 0 Å². The van der Waals surface area contributed by atoms with Gasteiger partial charge in [-0.05, 0) is 19.1 Å². The molecule has 1 rings (SSSR count). The molecule has 17 heavy (non-hydrogen) atoms. The number of carboxylic acid groups (broad SMARTS) is 1. The number of benzene rings is 1. The fraction of sp³-hybridized carbons (Fsp3) is 0.333. The third-order valence-electron chi connectivity index (χ3n) is 2.46. The molecule has 0 aliphatic rings. The summed E-state index contributed by atoms with van der Waals surface area (Å²) in [5.41, 5.74) is 0.411. The Hall–Kier alpha value is -1.88. The number of carboxylic acids is 1. The van der Waals surface area contributed by atoms with Crippen molar-refractivity contribution in [3.63, 3.8) is 0 Å². The van der Waals surface area contributed by atoms with Crippen LogP contribution < -0.4 is 0 Å². The first-order valence-electron chi connectivity index (χ1n) is 5.31. The molecule has 0 saturated carbocycles. The number of aliphatic carboxylic acids is 1. The monoisotopic (exact) mass is 237 g/mol. The first kappa shape index (κ1) is 13.2. The van der Waals surface area contributed by atoms with Crippen molar-refractivity contribution in [1.82, 2.24) is 4.90 Å². The van der Waals surface area contributed by atoms with Crippen LogP contribution in [0.15, 0.2) is 30.3 Å². The number of likely N-dealkylation sites (N-methyl/N-ethyl adjacent to an activating group) is 1. The van der Waals surface area contributed by atoms with Crippen molar-refractivity contribution in [2.75, 3.05) is 13.2 Å². The van der Waals surface area contributed by atoms with Gasteiger partial charge in [0.15, 0.2) is 6.04 Å². The Balaban J connectivity index is 2.95. The van der Waals surface area contributed by atoms with Gasteiger partial charge in [0.2, 0.25) is 0 Å². The number of hydrogen-bond donors (Lipinski definition) is 2. The summed E-state index contributed by atoms with van der Waals surface area (Å²) in [5.74, 6) is -1.60. The van der Waals surface area contributed by atoms with Gasteiger partial charge in [-0.1, -0.05) is 18.2 Å². The van der Waals surface area contributed by atoms with Crippen LogP contribution in [0.25, 0.3) is 0 Å². The van der Waals surface area contributed by atoms with Gasteiger partial charge in [-0.15, -0.1) is 0 Å². The molecular weight excluding hydrogens is 222 g/mol. The molecule has 5 heteroatoms. The Labute approximate surface area is 99.3 Å². The summed E-state index contributed by atoms with van der Waals surface area (Å²) in [5, 5.41) is 17.9. The van der Waals surface area contributed by atoms with E-state index in [1.54, 1.807) is 37.3 Å². The summed E-state index contributed by atoms with van der Waals surface area (Å²) in [6.45, 7) is 1.31. The fourth-order valence-electron chi connectivity index (χ4n) is 1.56. The number of nitrogens with zero attached hydrogens (tertiary/aromatic N) is 1. The lowest BCUT2D eigenvalue weighted by Gasteiger charge is -2.26. The molecule has 1 amide bonds. The second-order valence-corrected chi connectivity index (χ2v) is 3.49. The number of amides is 1. The first-order valence-corrected chi connectivity index (χ1v) is 5.31. The van der Waals surface area contributed by atoms with E-state index in [0.717, 1.165) is 4.90 Å². The van der Waals surface area contributed by atoms with E-state index in [0.29, 0.717) is 5.56 Å². The lowest BCUT2D eigenvalue weighted by molar-refractivity contribution is -0.143. The topological polar surface area (TPSA) is 77.8 Å². The van der Waals surface area contributed by atoms with Gasteiger partial charge >= 0.3 is 5.97 Å². The van der Waals surface area contributed by atoms with E-state index in [1.165, 1.54) is 0 Å². The predicted molar refractivity (Wildman–Crippen MR) is 61.7 cm³/mol. The third kappa shape index (κ3) is 3.04. The average molecular weight is 237 g/mol. The second-order valence-electron chi connectivity index (χ2n) is 3.49. The van der Waals surface area contributed by atoms with Crippen molar-refractivity contribution in [3.05, 3.63) is 35.9 Å². The highest BCUT2D eigenvalue weighted by Crippen LogP contribution is 2.08. The molecule has 0 radical (unpaired) electrons. The highest BCUT2D eigenvalue weighted by Gasteiger charge is 2.28. The lowest BCUT2D eigenvalue weighted by Crippen LogP contribution is -2.47. The zero-order valence-electron chi connectivity index (χ0n) is 9.54. The van der Waals surface area contributed by atoms with Crippen LogP contribution in [-0.4, -0.2) is 46.2 Å². The normalized spacial score (nSPS) is 11.9. The van der Waals surface area contributed by atoms with E-state index in [4.69, 9.17) is 10.2 Å². The summed E-state index contributed by atoms with van der Waals surface area (Å²) in [4.78, 5) is 24.1. The van der Waals surface area contributed by atoms with Crippen LogP contribution in [0.3, 0.4) is 0 Å². The SMILES string of the molecule is CCN(C(=O)c1ccccc1)C(CO)C(=O)O. The maximum absolute atomic E-state index is 12.0. The van der Waals surface area contributed by atoms with Crippen LogP contribution in [0.1, 0.15) is 17.3 Å². The molecule has 1 atom stereocenters. The van der Waals surface area contributed by atoms with Gasteiger partial charge in [-0.3, -0.25) is 4.79 Å². The minimum Gasteiger partial charge on any atom is -0.480 e. The van der Waals surface area contributed by atoms with Crippen LogP contribution >= 0.6 is 0 Å². The highest BCUT2D eigenvalue weighted by atomic mass is 16.4. The quantitative estimate of drug-likeness (QED) is 0.785. The number of carbonyl (C=O) groups excluding carboxylic acids is 1. The zero-order valence-corrected chi connectivity index (χ0v) is 9.54. The van der Waals surface area contributed by atoms with Crippen molar-refractivity contribution in [1.29, 1.82) is 0 Å². The minimum atomic E-state index is -1.21. The molecule has 0 aromatic heterocycles. The van der Waals surface area contributed by atoms with Crippen molar-refractivity contribution < 1.29 is 19.8 Å². The summed E-state index contributed by atoms with van der Waals surface area (Å²) in [6, 6.07) is 7.20. The molecule has 1 unspecified atom stereocenters. The molecule has 1 aromatic carbocycles. The van der Waals surface area contributed by atoms with Crippen molar-refractivity contribution >= 4 is 11.9 Å². The van der Waals surface area contributed by atoms with Crippen molar-refractivity contribution in [2.24, 2.45) is 0 Å². The molecule has 0 spiro atoms. The van der Waals surface area contributed by atoms with Gasteiger partial charge in [-0.25, -0.2) is 4.79 Å². The Morgan fingerprint density at radius 2 is 1.88 bits per heavy atom. The Bertz CT molecular complexity index is 391. The largest absolute Gasteiger partial charge is 0.480 e. The fourth-order valence-corrected chi connectivity index (χ4v) is 1.56. The average Bonchev–Trinajstić information content (AvgIpc) is 2.35. The molecule has 0 fully saturated rings. The Morgan fingerprint density at radius 1 is 1.29 bits per heavy atom. The van der Waals surface area contributed by atoms with Gasteiger partial charge < -0.3 is 15.1 Å². The van der Waals surface area contributed by atoms with Gasteiger partial charge in [-0.2, -0.15) is 0 Å². The third-order valence-corrected chi connectivity index (χ3v) is 2.46. The summed E-state index contributed by atoms with van der Waals surface area (Å²) < 4.78 is 0. The van der Waals surface area contributed by atoms with Crippen LogP contribution in [0.4, 0.5) is 0 Å². The maximum Gasteiger partial charge on any atom is 0.328 e. The Morgan fingerprint density at radius 3 is 2.29 bits per heavy atom.